The molecule has 7 heteroatoms. The molecule has 0 unspecified atom stereocenters. The van der Waals surface area contributed by atoms with E-state index in [2.05, 4.69) is 10.6 Å². The summed E-state index contributed by atoms with van der Waals surface area (Å²) in [6.07, 6.45) is 0. The number of hydrogen-bond acceptors (Lipinski definition) is 4. The van der Waals surface area contributed by atoms with Crippen molar-refractivity contribution in [1.82, 2.24) is 4.90 Å². The molecule has 32 heavy (non-hydrogen) atoms. The average molecular weight is 435 g/mol. The Bertz CT molecular complexity index is 1070. The molecule has 0 heterocycles. The quantitative estimate of drug-likeness (QED) is 0.517. The molecule has 3 rings (SSSR count). The van der Waals surface area contributed by atoms with Crippen molar-refractivity contribution in [1.29, 1.82) is 0 Å². The lowest BCUT2D eigenvalue weighted by molar-refractivity contribution is -0.117. The molecule has 6 nitrogen and oxygen atoms in total. The van der Waals surface area contributed by atoms with E-state index in [0.29, 0.717) is 35.7 Å². The molecule has 2 amide bonds. The highest BCUT2D eigenvalue weighted by atomic mass is 19.1. The molecule has 0 aliphatic heterocycles. The monoisotopic (exact) mass is 435 g/mol. The predicted molar refractivity (Wildman–Crippen MR) is 123 cm³/mol. The van der Waals surface area contributed by atoms with E-state index in [1.165, 1.54) is 6.07 Å². The van der Waals surface area contributed by atoms with Gasteiger partial charge in [0.25, 0.3) is 5.91 Å². The highest BCUT2D eigenvalue weighted by molar-refractivity contribution is 6.10. The zero-order chi connectivity index (χ0) is 22.9. The minimum atomic E-state index is -0.343. The molecule has 2 N–H and O–H groups in total. The number of likely N-dealkylation sites (N-methyl/N-ethyl adjacent to an activating group) is 1. The molecule has 0 aliphatic rings. The summed E-state index contributed by atoms with van der Waals surface area (Å²) in [5.74, 6) is -0.233. The van der Waals surface area contributed by atoms with Gasteiger partial charge in [-0.3, -0.25) is 14.5 Å². The Hall–Kier alpha value is -3.71. The number of ether oxygens (including phenoxy) is 1. The average Bonchev–Trinajstić information content (AvgIpc) is 2.77. The number of benzene rings is 3. The smallest absolute Gasteiger partial charge is 0.257 e. The van der Waals surface area contributed by atoms with Crippen molar-refractivity contribution in [3.63, 3.8) is 0 Å². The van der Waals surface area contributed by atoms with Gasteiger partial charge in [-0.05, 0) is 56.4 Å². The van der Waals surface area contributed by atoms with Gasteiger partial charge >= 0.3 is 0 Å². The lowest BCUT2D eigenvalue weighted by atomic mass is 10.1. The first-order valence-electron chi connectivity index (χ1n) is 10.3. The van der Waals surface area contributed by atoms with Gasteiger partial charge in [0.05, 0.1) is 24.4 Å². The van der Waals surface area contributed by atoms with Gasteiger partial charge in [-0.25, -0.2) is 4.39 Å². The van der Waals surface area contributed by atoms with E-state index >= 15 is 0 Å². The summed E-state index contributed by atoms with van der Waals surface area (Å²) in [4.78, 5) is 27.0. The molecule has 166 valence electrons. The number of rotatable bonds is 9. The summed E-state index contributed by atoms with van der Waals surface area (Å²) in [5, 5.41) is 5.60. The predicted octanol–water partition coefficient (Wildman–Crippen LogP) is 4.55. The minimum absolute atomic E-state index is 0.0448. The topological polar surface area (TPSA) is 70.7 Å². The maximum Gasteiger partial charge on any atom is 0.257 e. The number of nitrogens with one attached hydrogen (secondary N) is 2. The van der Waals surface area contributed by atoms with E-state index in [1.54, 1.807) is 78.7 Å². The first kappa shape index (κ1) is 23.0. The number of anilines is 2. The van der Waals surface area contributed by atoms with Crippen molar-refractivity contribution < 1.29 is 18.7 Å². The minimum Gasteiger partial charge on any atom is -0.494 e. The Balaban J connectivity index is 1.62. The largest absolute Gasteiger partial charge is 0.494 e. The van der Waals surface area contributed by atoms with Crippen molar-refractivity contribution in [2.24, 2.45) is 0 Å². The lowest BCUT2D eigenvalue weighted by Crippen LogP contribution is -2.30. The SMILES string of the molecule is CCOc1ccc(NC(=O)c2ccccc2NC(=O)CN(C)Cc2ccccc2F)cc1. The van der Waals surface area contributed by atoms with E-state index < -0.39 is 0 Å². The van der Waals surface area contributed by atoms with Crippen LogP contribution in [0.4, 0.5) is 15.8 Å². The Morgan fingerprint density at radius 2 is 1.62 bits per heavy atom. The van der Waals surface area contributed by atoms with Gasteiger partial charge in [0.1, 0.15) is 11.6 Å². The Kier molecular flexibility index (Phi) is 7.94. The summed E-state index contributed by atoms with van der Waals surface area (Å²) in [6, 6.07) is 20.3. The summed E-state index contributed by atoms with van der Waals surface area (Å²) in [6.45, 7) is 2.80. The third-order valence-corrected chi connectivity index (χ3v) is 4.68. The number of amides is 2. The second-order valence-corrected chi connectivity index (χ2v) is 7.27. The van der Waals surface area contributed by atoms with Crippen molar-refractivity contribution in [2.45, 2.75) is 13.5 Å². The van der Waals surface area contributed by atoms with Crippen LogP contribution in [0.3, 0.4) is 0 Å². The first-order valence-corrected chi connectivity index (χ1v) is 10.3. The fraction of sp³-hybridized carbons (Fsp3) is 0.200. The Morgan fingerprint density at radius 1 is 0.938 bits per heavy atom. The Morgan fingerprint density at radius 3 is 2.34 bits per heavy atom. The van der Waals surface area contributed by atoms with Crippen LogP contribution in [0.1, 0.15) is 22.8 Å². The van der Waals surface area contributed by atoms with E-state index in [0.717, 1.165) is 5.75 Å². The lowest BCUT2D eigenvalue weighted by Gasteiger charge is -2.17. The zero-order valence-corrected chi connectivity index (χ0v) is 18.1. The fourth-order valence-electron chi connectivity index (χ4n) is 3.20. The van der Waals surface area contributed by atoms with Crippen LogP contribution in [0.5, 0.6) is 5.75 Å². The Labute approximate surface area is 187 Å². The van der Waals surface area contributed by atoms with Gasteiger partial charge in [-0.2, -0.15) is 0 Å². The van der Waals surface area contributed by atoms with Crippen LogP contribution in [0, 0.1) is 5.82 Å². The standard InChI is InChI=1S/C25H26FN3O3/c1-3-32-20-14-12-19(13-15-20)27-25(31)21-9-5-7-11-23(21)28-24(30)17-29(2)16-18-8-4-6-10-22(18)26/h4-15H,3,16-17H2,1-2H3,(H,27,31)(H,28,30). The number of nitrogens with zero attached hydrogens (tertiary/aromatic N) is 1. The zero-order valence-electron chi connectivity index (χ0n) is 18.1. The van der Waals surface area contributed by atoms with Crippen LogP contribution in [0.25, 0.3) is 0 Å². The van der Waals surface area contributed by atoms with Gasteiger partial charge < -0.3 is 15.4 Å². The van der Waals surface area contributed by atoms with E-state index in [9.17, 15) is 14.0 Å². The van der Waals surface area contributed by atoms with Crippen molar-refractivity contribution in [2.75, 3.05) is 30.8 Å². The molecule has 0 bridgehead atoms. The fourth-order valence-corrected chi connectivity index (χ4v) is 3.20. The van der Waals surface area contributed by atoms with Crippen LogP contribution in [-0.2, 0) is 11.3 Å². The van der Waals surface area contributed by atoms with E-state index in [4.69, 9.17) is 4.74 Å². The van der Waals surface area contributed by atoms with Crippen molar-refractivity contribution in [3.8, 4) is 5.75 Å². The number of hydrogen-bond donors (Lipinski definition) is 2. The van der Waals surface area contributed by atoms with Gasteiger partial charge in [0.2, 0.25) is 5.91 Å². The molecular weight excluding hydrogens is 409 g/mol. The molecular formula is C25H26FN3O3. The van der Waals surface area contributed by atoms with Gasteiger partial charge in [-0.1, -0.05) is 30.3 Å². The van der Waals surface area contributed by atoms with Crippen LogP contribution < -0.4 is 15.4 Å². The van der Waals surface area contributed by atoms with Crippen LogP contribution in [0.15, 0.2) is 72.8 Å². The third kappa shape index (κ3) is 6.39. The summed E-state index contributed by atoms with van der Waals surface area (Å²) in [7, 11) is 1.73. The highest BCUT2D eigenvalue weighted by Gasteiger charge is 2.15. The molecule has 0 aromatic heterocycles. The van der Waals surface area contributed by atoms with Crippen LogP contribution in [0.2, 0.25) is 0 Å². The number of para-hydroxylation sites is 1. The molecule has 3 aromatic rings. The van der Waals surface area contributed by atoms with Gasteiger partial charge in [0, 0.05) is 17.8 Å². The highest BCUT2D eigenvalue weighted by Crippen LogP contribution is 2.20. The van der Waals surface area contributed by atoms with E-state index in [-0.39, 0.29) is 24.2 Å². The maximum atomic E-state index is 13.8. The second kappa shape index (κ2) is 11.1. The first-order chi connectivity index (χ1) is 15.5. The summed E-state index contributed by atoms with van der Waals surface area (Å²) in [5.41, 5.74) is 1.87. The molecule has 0 atom stereocenters. The van der Waals surface area contributed by atoms with E-state index in [1.807, 2.05) is 6.92 Å². The molecule has 0 aliphatic carbocycles. The molecule has 0 saturated carbocycles. The molecule has 3 aromatic carbocycles. The normalized spacial score (nSPS) is 10.6. The molecule has 0 saturated heterocycles. The maximum absolute atomic E-state index is 13.8. The number of carbonyl (C=O) groups is 2. The van der Waals surface area contributed by atoms with Gasteiger partial charge in [-0.15, -0.1) is 0 Å². The number of halogens is 1. The summed E-state index contributed by atoms with van der Waals surface area (Å²) >= 11 is 0. The molecule has 0 spiro atoms. The molecule has 0 fully saturated rings. The van der Waals surface area contributed by atoms with Crippen LogP contribution >= 0.6 is 0 Å². The van der Waals surface area contributed by atoms with Crippen molar-refractivity contribution in [3.05, 3.63) is 89.7 Å². The van der Waals surface area contributed by atoms with Gasteiger partial charge in [0.15, 0.2) is 0 Å². The van der Waals surface area contributed by atoms with Crippen LogP contribution in [-0.4, -0.2) is 36.9 Å². The van der Waals surface area contributed by atoms with Crippen molar-refractivity contribution >= 4 is 23.2 Å². The molecule has 0 radical (unpaired) electrons. The third-order valence-electron chi connectivity index (χ3n) is 4.68. The number of carbonyl (C=O) groups excluding carboxylic acids is 2. The summed E-state index contributed by atoms with van der Waals surface area (Å²) < 4.78 is 19.2. The second-order valence-electron chi connectivity index (χ2n) is 7.27.